The Balaban J connectivity index is 3.73. The maximum absolute atomic E-state index is 11.4. The van der Waals surface area contributed by atoms with Crippen LogP contribution in [-0.4, -0.2) is 12.6 Å². The molecule has 0 aromatic heterocycles. The van der Waals surface area contributed by atoms with Gasteiger partial charge in [0.15, 0.2) is 0 Å². The number of carbonyl (C=O) groups excluding carboxylic acids is 1. The lowest BCUT2D eigenvalue weighted by molar-refractivity contribution is -0.143. The van der Waals surface area contributed by atoms with Gasteiger partial charge in [0.1, 0.15) is 0 Å². The topological polar surface area (TPSA) is 26.3 Å². The number of esters is 1. The molecule has 0 radical (unpaired) electrons. The fraction of sp³-hybridized carbons (Fsp3) is 0.812. The van der Waals surface area contributed by atoms with Gasteiger partial charge in [-0.2, -0.15) is 0 Å². The molecule has 0 heterocycles. The summed E-state index contributed by atoms with van der Waals surface area (Å²) in [7, 11) is 0. The van der Waals surface area contributed by atoms with Crippen LogP contribution >= 0.6 is 0 Å². The summed E-state index contributed by atoms with van der Waals surface area (Å²) in [5, 5.41) is 0. The van der Waals surface area contributed by atoms with E-state index in [0.29, 0.717) is 18.9 Å². The molecule has 0 saturated heterocycles. The molecule has 0 saturated carbocycles. The largest absolute Gasteiger partial charge is 0.466 e. The van der Waals surface area contributed by atoms with Crippen molar-refractivity contribution in [3.05, 3.63) is 12.2 Å². The summed E-state index contributed by atoms with van der Waals surface area (Å²) in [6.07, 6.45) is 13.7. The van der Waals surface area contributed by atoms with Crippen LogP contribution in [0.4, 0.5) is 0 Å². The summed E-state index contributed by atoms with van der Waals surface area (Å²) in [5.41, 5.74) is 0. The van der Waals surface area contributed by atoms with E-state index in [2.05, 4.69) is 13.0 Å². The minimum Gasteiger partial charge on any atom is -0.466 e. The van der Waals surface area contributed by atoms with Crippen molar-refractivity contribution >= 4 is 5.97 Å². The quantitative estimate of drug-likeness (QED) is 0.298. The smallest absolute Gasteiger partial charge is 0.306 e. The summed E-state index contributed by atoms with van der Waals surface area (Å²) in [6, 6.07) is 0. The van der Waals surface area contributed by atoms with Gasteiger partial charge in [-0.1, -0.05) is 57.6 Å². The molecule has 0 spiro atoms. The number of hydrogen-bond acceptors (Lipinski definition) is 2. The third-order valence-electron chi connectivity index (χ3n) is 3.13. The molecule has 0 fully saturated rings. The van der Waals surface area contributed by atoms with Gasteiger partial charge in [0.25, 0.3) is 0 Å². The standard InChI is InChI=1S/C16H30O2/c1-4-7-8-9-10-11-13-15(12-5-2)14-16(17)18-6-3/h5,12,15H,4,6-11,13-14H2,1-3H3/b12-5+/t15-/m0/s1. The van der Waals surface area contributed by atoms with Gasteiger partial charge in [0.2, 0.25) is 0 Å². The van der Waals surface area contributed by atoms with Crippen LogP contribution in [0.25, 0.3) is 0 Å². The van der Waals surface area contributed by atoms with Crippen molar-refractivity contribution in [1.29, 1.82) is 0 Å². The van der Waals surface area contributed by atoms with Crippen molar-refractivity contribution in [2.45, 2.75) is 72.1 Å². The van der Waals surface area contributed by atoms with Crippen molar-refractivity contribution < 1.29 is 9.53 Å². The van der Waals surface area contributed by atoms with Crippen molar-refractivity contribution in [2.75, 3.05) is 6.61 Å². The van der Waals surface area contributed by atoms with E-state index in [1.165, 1.54) is 38.5 Å². The Hall–Kier alpha value is -0.790. The zero-order chi connectivity index (χ0) is 13.6. The SMILES string of the molecule is C/C=C/[C@@H](CCCCCCCC)CC(=O)OCC. The highest BCUT2D eigenvalue weighted by Crippen LogP contribution is 2.17. The van der Waals surface area contributed by atoms with E-state index in [-0.39, 0.29) is 5.97 Å². The van der Waals surface area contributed by atoms with Crippen molar-refractivity contribution in [3.63, 3.8) is 0 Å². The van der Waals surface area contributed by atoms with Crippen LogP contribution in [0.3, 0.4) is 0 Å². The third-order valence-corrected chi connectivity index (χ3v) is 3.13. The van der Waals surface area contributed by atoms with E-state index in [4.69, 9.17) is 4.74 Å². The first kappa shape index (κ1) is 17.2. The van der Waals surface area contributed by atoms with Crippen molar-refractivity contribution in [2.24, 2.45) is 5.92 Å². The molecular weight excluding hydrogens is 224 g/mol. The van der Waals surface area contributed by atoms with Crippen LogP contribution in [-0.2, 0) is 9.53 Å². The highest BCUT2D eigenvalue weighted by atomic mass is 16.5. The van der Waals surface area contributed by atoms with E-state index in [0.717, 1.165) is 6.42 Å². The van der Waals surface area contributed by atoms with E-state index in [9.17, 15) is 4.79 Å². The highest BCUT2D eigenvalue weighted by molar-refractivity contribution is 5.69. The third kappa shape index (κ3) is 10.4. The number of hydrogen-bond donors (Lipinski definition) is 0. The fourth-order valence-electron chi connectivity index (χ4n) is 2.16. The van der Waals surface area contributed by atoms with Gasteiger partial charge in [0, 0.05) is 0 Å². The summed E-state index contributed by atoms with van der Waals surface area (Å²) in [5.74, 6) is 0.298. The highest BCUT2D eigenvalue weighted by Gasteiger charge is 2.11. The number of rotatable bonds is 11. The van der Waals surface area contributed by atoms with Crippen molar-refractivity contribution in [3.8, 4) is 0 Å². The maximum atomic E-state index is 11.4. The van der Waals surface area contributed by atoms with Gasteiger partial charge in [-0.05, 0) is 26.2 Å². The minimum atomic E-state index is -0.0633. The Morgan fingerprint density at radius 1 is 1.11 bits per heavy atom. The Labute approximate surface area is 113 Å². The molecule has 0 rings (SSSR count). The Morgan fingerprint density at radius 3 is 2.39 bits per heavy atom. The molecule has 18 heavy (non-hydrogen) atoms. The lowest BCUT2D eigenvalue weighted by Crippen LogP contribution is -2.10. The number of unbranched alkanes of at least 4 members (excludes halogenated alkanes) is 5. The van der Waals surface area contributed by atoms with Crippen LogP contribution < -0.4 is 0 Å². The number of allylic oxidation sites excluding steroid dienone is 2. The maximum Gasteiger partial charge on any atom is 0.306 e. The molecule has 0 N–H and O–H groups in total. The molecule has 2 nitrogen and oxygen atoms in total. The van der Waals surface area contributed by atoms with Gasteiger partial charge < -0.3 is 4.74 Å². The first-order valence-corrected chi connectivity index (χ1v) is 7.53. The summed E-state index contributed by atoms with van der Waals surface area (Å²) in [4.78, 5) is 11.4. The van der Waals surface area contributed by atoms with Crippen LogP contribution in [0.1, 0.15) is 72.1 Å². The predicted octanol–water partition coefficient (Wildman–Crippen LogP) is 4.88. The fourth-order valence-corrected chi connectivity index (χ4v) is 2.16. The molecule has 1 atom stereocenters. The zero-order valence-corrected chi connectivity index (χ0v) is 12.4. The monoisotopic (exact) mass is 254 g/mol. The molecule has 0 aliphatic rings. The van der Waals surface area contributed by atoms with Crippen LogP contribution in [0.5, 0.6) is 0 Å². The predicted molar refractivity (Wildman–Crippen MR) is 77.5 cm³/mol. The molecule has 0 aliphatic heterocycles. The second-order valence-corrected chi connectivity index (χ2v) is 4.85. The summed E-state index contributed by atoms with van der Waals surface area (Å²) >= 11 is 0. The van der Waals surface area contributed by atoms with Gasteiger partial charge in [-0.3, -0.25) is 4.79 Å². The summed E-state index contributed by atoms with van der Waals surface area (Å²) < 4.78 is 5.01. The lowest BCUT2D eigenvalue weighted by Gasteiger charge is -2.11. The zero-order valence-electron chi connectivity index (χ0n) is 12.4. The molecule has 0 aliphatic carbocycles. The Morgan fingerprint density at radius 2 is 1.78 bits per heavy atom. The molecule has 0 unspecified atom stereocenters. The second-order valence-electron chi connectivity index (χ2n) is 4.85. The minimum absolute atomic E-state index is 0.0633. The number of ether oxygens (including phenoxy) is 1. The normalized spacial score (nSPS) is 12.8. The van der Waals surface area contributed by atoms with Gasteiger partial charge >= 0.3 is 5.97 Å². The van der Waals surface area contributed by atoms with E-state index in [1.807, 2.05) is 19.9 Å². The average molecular weight is 254 g/mol. The molecule has 2 heteroatoms. The van der Waals surface area contributed by atoms with Crippen LogP contribution in [0, 0.1) is 5.92 Å². The number of carbonyl (C=O) groups is 1. The summed E-state index contributed by atoms with van der Waals surface area (Å²) in [6.45, 7) is 6.59. The van der Waals surface area contributed by atoms with E-state index >= 15 is 0 Å². The van der Waals surface area contributed by atoms with Gasteiger partial charge in [0.05, 0.1) is 13.0 Å². The molecule has 0 aromatic carbocycles. The van der Waals surface area contributed by atoms with Gasteiger partial charge in [-0.15, -0.1) is 0 Å². The Bertz CT molecular complexity index is 221. The van der Waals surface area contributed by atoms with Crippen molar-refractivity contribution in [1.82, 2.24) is 0 Å². The molecule has 0 bridgehead atoms. The molecular formula is C16H30O2. The van der Waals surface area contributed by atoms with E-state index in [1.54, 1.807) is 0 Å². The molecule has 0 amide bonds. The Kier molecular flexibility index (Phi) is 12.1. The van der Waals surface area contributed by atoms with Crippen LogP contribution in [0.15, 0.2) is 12.2 Å². The van der Waals surface area contributed by atoms with Gasteiger partial charge in [-0.25, -0.2) is 0 Å². The van der Waals surface area contributed by atoms with E-state index < -0.39 is 0 Å². The second kappa shape index (κ2) is 12.7. The van der Waals surface area contributed by atoms with Crippen LogP contribution in [0.2, 0.25) is 0 Å². The molecule has 0 aromatic rings. The first-order valence-electron chi connectivity index (χ1n) is 7.53. The average Bonchev–Trinajstić information content (AvgIpc) is 2.34. The first-order chi connectivity index (χ1) is 8.74. The molecule has 106 valence electrons. The lowest BCUT2D eigenvalue weighted by atomic mass is 9.96.